The quantitative estimate of drug-likeness (QED) is 0.353. The molecule has 0 saturated carbocycles. The van der Waals surface area contributed by atoms with Crippen LogP contribution >= 0.6 is 24.0 Å². The first-order chi connectivity index (χ1) is 12.5. The van der Waals surface area contributed by atoms with Crippen LogP contribution in [0.1, 0.15) is 42.1 Å². The molecule has 0 bridgehead atoms. The molecule has 0 aliphatic carbocycles. The van der Waals surface area contributed by atoms with Crippen molar-refractivity contribution in [1.29, 1.82) is 0 Å². The number of nitrogens with zero attached hydrogens (tertiary/aromatic N) is 3. The van der Waals surface area contributed by atoms with E-state index in [0.717, 1.165) is 24.5 Å². The Morgan fingerprint density at radius 3 is 2.33 bits per heavy atom. The largest absolute Gasteiger partial charge is 0.355 e. The predicted molar refractivity (Wildman–Crippen MR) is 123 cm³/mol. The van der Waals surface area contributed by atoms with Crippen LogP contribution in [-0.4, -0.2) is 68.5 Å². The van der Waals surface area contributed by atoms with Crippen LogP contribution in [-0.2, 0) is 6.54 Å². The molecule has 1 aromatic carbocycles. The lowest BCUT2D eigenvalue weighted by atomic mass is 10.1. The molecule has 27 heavy (non-hydrogen) atoms. The first-order valence-electron chi connectivity index (χ1n) is 9.54. The fourth-order valence-corrected chi connectivity index (χ4v) is 3.28. The third-order valence-corrected chi connectivity index (χ3v) is 4.92. The molecule has 152 valence electrons. The minimum Gasteiger partial charge on any atom is -0.355 e. The highest BCUT2D eigenvalue weighted by atomic mass is 127. The number of nitrogens with one attached hydrogen (secondary N) is 2. The number of amides is 1. The molecule has 0 aromatic heterocycles. The topological polar surface area (TPSA) is 60.0 Å². The molecule has 0 spiro atoms. The van der Waals surface area contributed by atoms with Crippen LogP contribution in [0.2, 0.25) is 0 Å². The summed E-state index contributed by atoms with van der Waals surface area (Å²) in [4.78, 5) is 20.4. The van der Waals surface area contributed by atoms with E-state index in [1.807, 2.05) is 24.3 Å². The molecule has 0 radical (unpaired) electrons. The fourth-order valence-electron chi connectivity index (χ4n) is 3.28. The summed E-state index contributed by atoms with van der Waals surface area (Å²) < 4.78 is 0. The van der Waals surface area contributed by atoms with Crippen LogP contribution in [0.25, 0.3) is 0 Å². The second-order valence-corrected chi connectivity index (χ2v) is 7.01. The first-order valence-corrected chi connectivity index (χ1v) is 9.54. The number of rotatable bonds is 7. The van der Waals surface area contributed by atoms with Crippen molar-refractivity contribution >= 4 is 35.8 Å². The SMILES string of the molecule is CCC(CNC(=NC)NCc1ccc(C(=O)N(C)C)cc1)N1CCCC1.I. The molecule has 1 amide bonds. The van der Waals surface area contributed by atoms with E-state index < -0.39 is 0 Å². The van der Waals surface area contributed by atoms with E-state index in [1.165, 1.54) is 25.9 Å². The molecule has 1 atom stereocenters. The molecule has 1 aliphatic rings. The van der Waals surface area contributed by atoms with Gasteiger partial charge in [0.1, 0.15) is 0 Å². The second-order valence-electron chi connectivity index (χ2n) is 7.01. The summed E-state index contributed by atoms with van der Waals surface area (Å²) in [5, 5.41) is 6.80. The van der Waals surface area contributed by atoms with Crippen LogP contribution < -0.4 is 10.6 Å². The van der Waals surface area contributed by atoms with Gasteiger partial charge in [0, 0.05) is 45.8 Å². The van der Waals surface area contributed by atoms with Crippen molar-refractivity contribution in [2.24, 2.45) is 4.99 Å². The Morgan fingerprint density at radius 2 is 1.81 bits per heavy atom. The molecule has 1 fully saturated rings. The van der Waals surface area contributed by atoms with Gasteiger partial charge < -0.3 is 15.5 Å². The minimum absolute atomic E-state index is 0. The Labute approximate surface area is 180 Å². The second kappa shape index (κ2) is 12.2. The molecule has 2 rings (SSSR count). The summed E-state index contributed by atoms with van der Waals surface area (Å²) in [5.41, 5.74) is 1.83. The van der Waals surface area contributed by atoms with E-state index in [0.29, 0.717) is 18.2 Å². The maximum atomic E-state index is 11.9. The maximum Gasteiger partial charge on any atom is 0.253 e. The predicted octanol–water partition coefficient (Wildman–Crippen LogP) is 2.55. The zero-order valence-corrected chi connectivity index (χ0v) is 19.3. The molecular formula is C20H34IN5O. The number of aliphatic imine (C=N–C) groups is 1. The van der Waals surface area contributed by atoms with Crippen molar-refractivity contribution < 1.29 is 4.79 Å². The van der Waals surface area contributed by atoms with E-state index >= 15 is 0 Å². The summed E-state index contributed by atoms with van der Waals surface area (Å²) in [6.07, 6.45) is 3.77. The van der Waals surface area contributed by atoms with E-state index in [1.54, 1.807) is 26.0 Å². The number of carbonyl (C=O) groups is 1. The monoisotopic (exact) mass is 487 g/mol. The normalized spacial score (nSPS) is 15.8. The van der Waals surface area contributed by atoms with Crippen molar-refractivity contribution in [3.05, 3.63) is 35.4 Å². The lowest BCUT2D eigenvalue weighted by molar-refractivity contribution is 0.0827. The van der Waals surface area contributed by atoms with Gasteiger partial charge in [-0.15, -0.1) is 24.0 Å². The lowest BCUT2D eigenvalue weighted by Crippen LogP contribution is -2.46. The highest BCUT2D eigenvalue weighted by molar-refractivity contribution is 14.0. The minimum atomic E-state index is 0. The lowest BCUT2D eigenvalue weighted by Gasteiger charge is -2.27. The van der Waals surface area contributed by atoms with Crippen LogP contribution in [0.5, 0.6) is 0 Å². The molecule has 6 nitrogen and oxygen atoms in total. The van der Waals surface area contributed by atoms with Gasteiger partial charge in [0.2, 0.25) is 0 Å². The Balaban J connectivity index is 0.00000364. The van der Waals surface area contributed by atoms with E-state index in [-0.39, 0.29) is 29.9 Å². The molecular weight excluding hydrogens is 453 g/mol. The van der Waals surface area contributed by atoms with E-state index in [4.69, 9.17) is 0 Å². The van der Waals surface area contributed by atoms with Crippen molar-refractivity contribution in [1.82, 2.24) is 20.4 Å². The average Bonchev–Trinajstić information content (AvgIpc) is 3.19. The van der Waals surface area contributed by atoms with Crippen molar-refractivity contribution in [2.45, 2.75) is 38.8 Å². The number of likely N-dealkylation sites (tertiary alicyclic amines) is 1. The molecule has 1 unspecified atom stereocenters. The maximum absolute atomic E-state index is 11.9. The standard InChI is InChI=1S/C20H33N5O.HI/c1-5-18(25-12-6-7-13-25)15-23-20(21-2)22-14-16-8-10-17(11-9-16)19(26)24(3)4;/h8-11,18H,5-7,12-15H2,1-4H3,(H2,21,22,23);1H. The zero-order chi connectivity index (χ0) is 18.9. The third kappa shape index (κ3) is 7.29. The number of guanidine groups is 1. The van der Waals surface area contributed by atoms with Gasteiger partial charge in [-0.3, -0.25) is 14.7 Å². The Bertz CT molecular complexity index is 597. The first kappa shape index (κ1) is 23.7. The highest BCUT2D eigenvalue weighted by Crippen LogP contribution is 2.13. The summed E-state index contributed by atoms with van der Waals surface area (Å²) in [6.45, 7) is 6.26. The van der Waals surface area contributed by atoms with Crippen LogP contribution in [0.4, 0.5) is 0 Å². The summed E-state index contributed by atoms with van der Waals surface area (Å²) in [7, 11) is 5.32. The van der Waals surface area contributed by atoms with Gasteiger partial charge in [-0.05, 0) is 50.0 Å². The third-order valence-electron chi connectivity index (χ3n) is 4.92. The number of benzene rings is 1. The van der Waals surface area contributed by atoms with Crippen molar-refractivity contribution in [3.8, 4) is 0 Å². The van der Waals surface area contributed by atoms with Gasteiger partial charge in [0.15, 0.2) is 5.96 Å². The zero-order valence-electron chi connectivity index (χ0n) is 17.0. The fraction of sp³-hybridized carbons (Fsp3) is 0.600. The van der Waals surface area contributed by atoms with Gasteiger partial charge in [-0.25, -0.2) is 0 Å². The van der Waals surface area contributed by atoms with Gasteiger partial charge in [-0.1, -0.05) is 19.1 Å². The molecule has 1 aromatic rings. The van der Waals surface area contributed by atoms with Gasteiger partial charge in [0.25, 0.3) is 5.91 Å². The van der Waals surface area contributed by atoms with Crippen LogP contribution in [0.15, 0.2) is 29.3 Å². The average molecular weight is 487 g/mol. The number of hydrogen-bond donors (Lipinski definition) is 2. The molecule has 2 N–H and O–H groups in total. The van der Waals surface area contributed by atoms with Crippen molar-refractivity contribution in [2.75, 3.05) is 40.8 Å². The Morgan fingerprint density at radius 1 is 1.19 bits per heavy atom. The Hall–Kier alpha value is -1.35. The summed E-state index contributed by atoms with van der Waals surface area (Å²) in [5.74, 6) is 0.839. The highest BCUT2D eigenvalue weighted by Gasteiger charge is 2.20. The smallest absolute Gasteiger partial charge is 0.253 e. The summed E-state index contributed by atoms with van der Waals surface area (Å²) in [6, 6.07) is 8.27. The van der Waals surface area contributed by atoms with Crippen LogP contribution in [0, 0.1) is 0 Å². The molecule has 1 saturated heterocycles. The Kier molecular flexibility index (Phi) is 10.7. The number of hydrogen-bond acceptors (Lipinski definition) is 3. The number of halogens is 1. The van der Waals surface area contributed by atoms with E-state index in [2.05, 4.69) is 27.4 Å². The van der Waals surface area contributed by atoms with Crippen LogP contribution in [0.3, 0.4) is 0 Å². The molecule has 1 aliphatic heterocycles. The van der Waals surface area contributed by atoms with Gasteiger partial charge >= 0.3 is 0 Å². The number of carbonyl (C=O) groups excluding carboxylic acids is 1. The van der Waals surface area contributed by atoms with Gasteiger partial charge in [-0.2, -0.15) is 0 Å². The summed E-state index contributed by atoms with van der Waals surface area (Å²) >= 11 is 0. The van der Waals surface area contributed by atoms with Crippen molar-refractivity contribution in [3.63, 3.8) is 0 Å². The molecule has 1 heterocycles. The van der Waals surface area contributed by atoms with E-state index in [9.17, 15) is 4.79 Å². The molecule has 7 heteroatoms. The van der Waals surface area contributed by atoms with Gasteiger partial charge in [0.05, 0.1) is 0 Å².